The van der Waals surface area contributed by atoms with Crippen LogP contribution in [-0.2, 0) is 4.79 Å². The highest BCUT2D eigenvalue weighted by Crippen LogP contribution is 2.15. The molecule has 0 radical (unpaired) electrons. The van der Waals surface area contributed by atoms with Crippen molar-refractivity contribution in [1.29, 1.82) is 0 Å². The highest BCUT2D eigenvalue weighted by Gasteiger charge is 2.04. The van der Waals surface area contributed by atoms with Gasteiger partial charge >= 0.3 is 0 Å². The van der Waals surface area contributed by atoms with Crippen LogP contribution in [0.5, 0.6) is 0 Å². The molecule has 0 aliphatic rings. The molecule has 0 saturated carbocycles. The van der Waals surface area contributed by atoms with E-state index in [1.54, 1.807) is 36.7 Å². The van der Waals surface area contributed by atoms with Crippen molar-refractivity contribution in [2.75, 3.05) is 0 Å². The number of rotatable bonds is 3. The van der Waals surface area contributed by atoms with Gasteiger partial charge in [0.1, 0.15) is 17.8 Å². The topological polar surface area (TPSA) is 34.9 Å². The number of halogens is 1. The van der Waals surface area contributed by atoms with Gasteiger partial charge in [0.15, 0.2) is 0 Å². The molecule has 0 amide bonds. The lowest BCUT2D eigenvalue weighted by molar-refractivity contribution is -0.104. The number of hydrogen-bond acceptors (Lipinski definition) is 2. The Hall–Kier alpha value is -2.23. The first-order chi connectivity index (χ1) is 7.81. The summed E-state index contributed by atoms with van der Waals surface area (Å²) in [5.41, 5.74) is 1.02. The van der Waals surface area contributed by atoms with Gasteiger partial charge in [-0.25, -0.2) is 9.07 Å². The smallest absolute Gasteiger partial charge is 0.149 e. The number of carbonyl (C=O) groups excluding carboxylic acids is 1. The van der Waals surface area contributed by atoms with Gasteiger partial charge < -0.3 is 0 Å². The molecule has 0 bridgehead atoms. The van der Waals surface area contributed by atoms with Crippen LogP contribution in [0.4, 0.5) is 4.39 Å². The van der Waals surface area contributed by atoms with E-state index >= 15 is 0 Å². The first-order valence-corrected chi connectivity index (χ1v) is 4.72. The predicted octanol–water partition coefficient (Wildman–Crippen LogP) is 2.22. The molecule has 1 aromatic heterocycles. The number of allylic oxidation sites excluding steroid dienone is 1. The van der Waals surface area contributed by atoms with Crippen molar-refractivity contribution in [2.24, 2.45) is 0 Å². The summed E-state index contributed by atoms with van der Waals surface area (Å²) in [6.07, 6.45) is 6.77. The fourth-order valence-corrected chi connectivity index (χ4v) is 1.37. The third kappa shape index (κ3) is 2.06. The molecule has 0 aliphatic carbocycles. The Kier molecular flexibility index (Phi) is 2.91. The second-order valence-electron chi connectivity index (χ2n) is 3.16. The average Bonchev–Trinajstić information content (AvgIpc) is 2.80. The van der Waals surface area contributed by atoms with E-state index in [0.29, 0.717) is 17.5 Å². The Morgan fingerprint density at radius 1 is 1.38 bits per heavy atom. The van der Waals surface area contributed by atoms with Gasteiger partial charge in [0.05, 0.1) is 0 Å². The summed E-state index contributed by atoms with van der Waals surface area (Å²) < 4.78 is 15.1. The normalized spacial score (nSPS) is 10.8. The first kappa shape index (κ1) is 10.3. The zero-order valence-corrected chi connectivity index (χ0v) is 8.38. The zero-order valence-electron chi connectivity index (χ0n) is 8.38. The van der Waals surface area contributed by atoms with Gasteiger partial charge in [0.2, 0.25) is 0 Å². The number of aromatic nitrogens is 2. The van der Waals surface area contributed by atoms with Crippen LogP contribution >= 0.6 is 0 Å². The van der Waals surface area contributed by atoms with Crippen LogP contribution in [0.15, 0.2) is 42.7 Å². The number of benzene rings is 1. The molecule has 1 heterocycles. The number of nitrogens with zero attached hydrogens (tertiary/aromatic N) is 2. The van der Waals surface area contributed by atoms with Gasteiger partial charge in [-0.1, -0.05) is 12.1 Å². The summed E-state index contributed by atoms with van der Waals surface area (Å²) in [7, 11) is 0. The van der Waals surface area contributed by atoms with E-state index in [4.69, 9.17) is 0 Å². The molecule has 4 heteroatoms. The lowest BCUT2D eigenvalue weighted by Gasteiger charge is -2.03. The van der Waals surface area contributed by atoms with Crippen molar-refractivity contribution in [3.05, 3.63) is 54.1 Å². The van der Waals surface area contributed by atoms with E-state index in [2.05, 4.69) is 5.10 Å². The van der Waals surface area contributed by atoms with Crippen LogP contribution < -0.4 is 0 Å². The monoisotopic (exact) mass is 216 g/mol. The molecule has 0 N–H and O–H groups in total. The average molecular weight is 216 g/mol. The maximum absolute atomic E-state index is 13.7. The quantitative estimate of drug-likeness (QED) is 0.582. The molecule has 16 heavy (non-hydrogen) atoms. The van der Waals surface area contributed by atoms with Crippen molar-refractivity contribution in [1.82, 2.24) is 9.78 Å². The Morgan fingerprint density at radius 3 is 2.88 bits per heavy atom. The number of aldehydes is 1. The van der Waals surface area contributed by atoms with Crippen molar-refractivity contribution < 1.29 is 9.18 Å². The van der Waals surface area contributed by atoms with Crippen molar-refractivity contribution in [3.63, 3.8) is 0 Å². The van der Waals surface area contributed by atoms with E-state index < -0.39 is 0 Å². The molecule has 0 atom stereocenters. The second-order valence-corrected chi connectivity index (χ2v) is 3.16. The summed E-state index contributed by atoms with van der Waals surface area (Å²) in [5, 5.41) is 3.94. The minimum Gasteiger partial charge on any atom is -0.299 e. The molecule has 0 spiro atoms. The van der Waals surface area contributed by atoms with E-state index in [9.17, 15) is 9.18 Å². The van der Waals surface area contributed by atoms with Crippen LogP contribution in [0.1, 0.15) is 5.56 Å². The van der Waals surface area contributed by atoms with E-state index in [0.717, 1.165) is 0 Å². The molecule has 0 fully saturated rings. The van der Waals surface area contributed by atoms with E-state index in [-0.39, 0.29) is 5.82 Å². The highest BCUT2D eigenvalue weighted by atomic mass is 19.1. The zero-order chi connectivity index (χ0) is 11.4. The summed E-state index contributed by atoms with van der Waals surface area (Å²) >= 11 is 0. The highest BCUT2D eigenvalue weighted by molar-refractivity contribution is 5.73. The first-order valence-electron chi connectivity index (χ1n) is 4.72. The Labute approximate surface area is 91.8 Å². The lowest BCUT2D eigenvalue weighted by atomic mass is 10.2. The van der Waals surface area contributed by atoms with Crippen LogP contribution in [0.3, 0.4) is 0 Å². The van der Waals surface area contributed by atoms with Crippen LogP contribution in [0.2, 0.25) is 0 Å². The predicted molar refractivity (Wildman–Crippen MR) is 58.6 cm³/mol. The molecule has 2 rings (SSSR count). The number of carbonyl (C=O) groups is 1. The summed E-state index contributed by atoms with van der Waals surface area (Å²) in [5.74, 6) is -0.378. The summed E-state index contributed by atoms with van der Waals surface area (Å²) in [6, 6.07) is 6.42. The fraction of sp³-hybridized carbons (Fsp3) is 0. The third-order valence-electron chi connectivity index (χ3n) is 2.09. The van der Waals surface area contributed by atoms with E-state index in [1.165, 1.54) is 16.8 Å². The fourth-order valence-electron chi connectivity index (χ4n) is 1.37. The van der Waals surface area contributed by atoms with Crippen LogP contribution in [-0.4, -0.2) is 16.1 Å². The van der Waals surface area contributed by atoms with Crippen molar-refractivity contribution >= 4 is 12.4 Å². The maximum Gasteiger partial charge on any atom is 0.149 e. The van der Waals surface area contributed by atoms with Crippen LogP contribution in [0, 0.1) is 5.82 Å². The number of hydrogen-bond donors (Lipinski definition) is 0. The molecule has 3 nitrogen and oxygen atoms in total. The molecular formula is C12H9FN2O. The summed E-state index contributed by atoms with van der Waals surface area (Å²) in [6.45, 7) is 0. The van der Waals surface area contributed by atoms with Gasteiger partial charge in [-0.05, 0) is 29.8 Å². The van der Waals surface area contributed by atoms with E-state index in [1.807, 2.05) is 0 Å². The largest absolute Gasteiger partial charge is 0.299 e. The van der Waals surface area contributed by atoms with Gasteiger partial charge in [-0.3, -0.25) is 4.79 Å². The third-order valence-corrected chi connectivity index (χ3v) is 2.09. The molecule has 0 unspecified atom stereocenters. The molecule has 2 aromatic rings. The van der Waals surface area contributed by atoms with Crippen molar-refractivity contribution in [2.45, 2.75) is 0 Å². The Balaban J connectivity index is 2.37. The van der Waals surface area contributed by atoms with Gasteiger partial charge in [0.25, 0.3) is 0 Å². The minimum absolute atomic E-state index is 0.378. The maximum atomic E-state index is 13.7. The van der Waals surface area contributed by atoms with Gasteiger partial charge in [0, 0.05) is 12.4 Å². The molecule has 80 valence electrons. The minimum atomic E-state index is -0.378. The van der Waals surface area contributed by atoms with Crippen molar-refractivity contribution in [3.8, 4) is 5.69 Å². The van der Waals surface area contributed by atoms with Gasteiger partial charge in [-0.2, -0.15) is 5.10 Å². The van der Waals surface area contributed by atoms with Gasteiger partial charge in [-0.15, -0.1) is 0 Å². The molecule has 0 aliphatic heterocycles. The molecule has 0 saturated heterocycles. The lowest BCUT2D eigenvalue weighted by Crippen LogP contribution is -1.97. The SMILES string of the molecule is O=C/C=C/c1ccc(-n2cccn2)c(F)c1. The Morgan fingerprint density at radius 2 is 2.25 bits per heavy atom. The van der Waals surface area contributed by atoms with Crippen LogP contribution in [0.25, 0.3) is 11.8 Å². The molecular weight excluding hydrogens is 207 g/mol. The Bertz CT molecular complexity index is 518. The summed E-state index contributed by atoms with van der Waals surface area (Å²) in [4.78, 5) is 10.1. The molecule has 1 aromatic carbocycles. The second kappa shape index (κ2) is 4.53. The standard InChI is InChI=1S/C12H9FN2O/c13-11-9-10(3-1-8-16)4-5-12(11)15-7-2-6-14-15/h1-9H/b3-1+.